The second kappa shape index (κ2) is 8.73. The molecule has 2 aliphatic rings. The van der Waals surface area contributed by atoms with Crippen LogP contribution >= 0.6 is 0 Å². The highest BCUT2D eigenvalue weighted by Crippen LogP contribution is 2.49. The molecule has 1 N–H and O–H groups in total. The van der Waals surface area contributed by atoms with E-state index in [4.69, 9.17) is 14.5 Å². The molecule has 1 aliphatic carbocycles. The van der Waals surface area contributed by atoms with Crippen LogP contribution in [0.1, 0.15) is 39.5 Å². The lowest BCUT2D eigenvalue weighted by Gasteiger charge is -2.25. The number of nitrogens with one attached hydrogen (secondary N) is 1. The third kappa shape index (κ3) is 5.43. The number of guanidine groups is 1. The largest absolute Gasteiger partial charge is 0.382 e. The molecule has 128 valence electrons. The Kier molecular flexibility index (Phi) is 6.96. The van der Waals surface area contributed by atoms with Gasteiger partial charge in [-0.3, -0.25) is 4.99 Å². The van der Waals surface area contributed by atoms with E-state index in [9.17, 15) is 0 Å². The number of aliphatic imine (C=N–C) groups is 1. The highest BCUT2D eigenvalue weighted by atomic mass is 16.5. The zero-order valence-electron chi connectivity index (χ0n) is 14.6. The normalized spacial score (nSPS) is 23.6. The van der Waals surface area contributed by atoms with Gasteiger partial charge in [0, 0.05) is 52.4 Å². The van der Waals surface area contributed by atoms with E-state index in [1.54, 1.807) is 0 Å². The molecule has 0 aromatic heterocycles. The van der Waals surface area contributed by atoms with Gasteiger partial charge in [0.05, 0.1) is 6.61 Å². The maximum atomic E-state index is 5.51. The number of hydrogen-bond acceptors (Lipinski definition) is 3. The summed E-state index contributed by atoms with van der Waals surface area (Å²) in [5.41, 5.74) is 0.410. The van der Waals surface area contributed by atoms with Crippen molar-refractivity contribution in [3.8, 4) is 0 Å². The van der Waals surface area contributed by atoms with Gasteiger partial charge < -0.3 is 19.7 Å². The maximum absolute atomic E-state index is 5.51. The van der Waals surface area contributed by atoms with Crippen LogP contribution in [-0.2, 0) is 9.47 Å². The van der Waals surface area contributed by atoms with Gasteiger partial charge in [0.1, 0.15) is 0 Å². The third-order valence-corrected chi connectivity index (χ3v) is 4.75. The Morgan fingerprint density at radius 3 is 2.82 bits per heavy atom. The van der Waals surface area contributed by atoms with Crippen molar-refractivity contribution in [3.63, 3.8) is 0 Å². The molecular formula is C17H33N3O2. The molecule has 0 aromatic carbocycles. The van der Waals surface area contributed by atoms with Crippen molar-refractivity contribution in [2.45, 2.75) is 39.5 Å². The number of ether oxygens (including phenoxy) is 2. The van der Waals surface area contributed by atoms with Crippen LogP contribution in [0.15, 0.2) is 4.99 Å². The van der Waals surface area contributed by atoms with Gasteiger partial charge in [-0.2, -0.15) is 0 Å². The lowest BCUT2D eigenvalue weighted by Crippen LogP contribution is -2.41. The van der Waals surface area contributed by atoms with Crippen molar-refractivity contribution in [1.29, 1.82) is 0 Å². The summed E-state index contributed by atoms with van der Waals surface area (Å²) in [6, 6.07) is 0. The van der Waals surface area contributed by atoms with Crippen LogP contribution in [-0.4, -0.2) is 64.0 Å². The first-order valence-electron chi connectivity index (χ1n) is 8.84. The molecule has 2 rings (SSSR count). The average Bonchev–Trinajstić information content (AvgIpc) is 3.09. The topological polar surface area (TPSA) is 46.1 Å². The van der Waals surface area contributed by atoms with Gasteiger partial charge in [0.25, 0.3) is 0 Å². The molecule has 0 spiro atoms. The van der Waals surface area contributed by atoms with Gasteiger partial charge in [-0.15, -0.1) is 0 Å². The monoisotopic (exact) mass is 311 g/mol. The van der Waals surface area contributed by atoms with Gasteiger partial charge in [-0.25, -0.2) is 0 Å². The summed E-state index contributed by atoms with van der Waals surface area (Å²) in [5, 5.41) is 3.43. The molecule has 1 saturated carbocycles. The van der Waals surface area contributed by atoms with Crippen molar-refractivity contribution >= 4 is 5.96 Å². The molecule has 1 aliphatic heterocycles. The van der Waals surface area contributed by atoms with E-state index in [0.29, 0.717) is 11.3 Å². The first kappa shape index (κ1) is 17.5. The molecule has 5 heteroatoms. The first-order valence-corrected chi connectivity index (χ1v) is 8.84. The van der Waals surface area contributed by atoms with Crippen molar-refractivity contribution in [2.24, 2.45) is 16.3 Å². The van der Waals surface area contributed by atoms with Crippen molar-refractivity contribution in [1.82, 2.24) is 10.2 Å². The Hall–Kier alpha value is -0.810. The van der Waals surface area contributed by atoms with Crippen LogP contribution in [0.5, 0.6) is 0 Å². The fourth-order valence-electron chi connectivity index (χ4n) is 3.01. The van der Waals surface area contributed by atoms with E-state index in [2.05, 4.69) is 31.1 Å². The second-order valence-corrected chi connectivity index (χ2v) is 6.73. The summed E-state index contributed by atoms with van der Waals surface area (Å²) < 4.78 is 11.0. The summed E-state index contributed by atoms with van der Waals surface area (Å²) in [7, 11) is 2.14. The smallest absolute Gasteiger partial charge is 0.193 e. The van der Waals surface area contributed by atoms with Crippen LogP contribution in [0.4, 0.5) is 0 Å². The quantitative estimate of drug-likeness (QED) is 0.402. The minimum Gasteiger partial charge on any atom is -0.382 e. The molecule has 1 heterocycles. The van der Waals surface area contributed by atoms with Crippen LogP contribution < -0.4 is 5.32 Å². The number of hydrogen-bond donors (Lipinski definition) is 1. The Morgan fingerprint density at radius 2 is 2.23 bits per heavy atom. The van der Waals surface area contributed by atoms with E-state index in [-0.39, 0.29) is 0 Å². The average molecular weight is 311 g/mol. The fraction of sp³-hybridized carbons (Fsp3) is 0.941. The Balaban J connectivity index is 1.83. The Labute approximate surface area is 135 Å². The standard InChI is InChI=1S/C17H33N3O2/c1-4-18-16(20(3)12-15-6-10-22-13-15)19-14-17(7-8-17)9-11-21-5-2/h15H,4-14H2,1-3H3,(H,18,19). The van der Waals surface area contributed by atoms with Gasteiger partial charge >= 0.3 is 0 Å². The Morgan fingerprint density at radius 1 is 1.41 bits per heavy atom. The number of nitrogens with zero attached hydrogens (tertiary/aromatic N) is 2. The van der Waals surface area contributed by atoms with Crippen molar-refractivity contribution in [2.75, 3.05) is 53.1 Å². The minimum atomic E-state index is 0.410. The predicted octanol–water partition coefficient (Wildman–Crippen LogP) is 2.13. The van der Waals surface area contributed by atoms with Crippen molar-refractivity contribution in [3.05, 3.63) is 0 Å². The molecule has 0 radical (unpaired) electrons. The van der Waals surface area contributed by atoms with Crippen LogP contribution in [0.2, 0.25) is 0 Å². The first-order chi connectivity index (χ1) is 10.7. The molecule has 0 amide bonds. The summed E-state index contributed by atoms with van der Waals surface area (Å²) in [5.74, 6) is 1.68. The van der Waals surface area contributed by atoms with Crippen molar-refractivity contribution < 1.29 is 9.47 Å². The minimum absolute atomic E-state index is 0.410. The molecule has 22 heavy (non-hydrogen) atoms. The summed E-state index contributed by atoms with van der Waals surface area (Å²) >= 11 is 0. The van der Waals surface area contributed by atoms with Crippen LogP contribution in [0.25, 0.3) is 0 Å². The summed E-state index contributed by atoms with van der Waals surface area (Å²) in [6.45, 7) is 10.5. The summed E-state index contributed by atoms with van der Waals surface area (Å²) in [6.07, 6.45) is 4.90. The van der Waals surface area contributed by atoms with Gasteiger partial charge in [0.15, 0.2) is 5.96 Å². The zero-order chi connectivity index (χ0) is 15.8. The fourth-order valence-corrected chi connectivity index (χ4v) is 3.01. The van der Waals surface area contributed by atoms with Crippen LogP contribution in [0.3, 0.4) is 0 Å². The highest BCUT2D eigenvalue weighted by Gasteiger charge is 2.42. The lowest BCUT2D eigenvalue weighted by molar-refractivity contribution is 0.129. The molecule has 2 fully saturated rings. The van der Waals surface area contributed by atoms with Crippen LogP contribution in [0, 0.1) is 11.3 Å². The molecule has 0 bridgehead atoms. The maximum Gasteiger partial charge on any atom is 0.193 e. The summed E-state index contributed by atoms with van der Waals surface area (Å²) in [4.78, 5) is 7.17. The molecule has 1 atom stereocenters. The van der Waals surface area contributed by atoms with Gasteiger partial charge in [0.2, 0.25) is 0 Å². The molecule has 1 unspecified atom stereocenters. The highest BCUT2D eigenvalue weighted by molar-refractivity contribution is 5.79. The molecule has 5 nitrogen and oxygen atoms in total. The second-order valence-electron chi connectivity index (χ2n) is 6.73. The molecule has 1 saturated heterocycles. The molecular weight excluding hydrogens is 278 g/mol. The predicted molar refractivity (Wildman–Crippen MR) is 90.3 cm³/mol. The lowest BCUT2D eigenvalue weighted by atomic mass is 10.0. The van der Waals surface area contributed by atoms with Gasteiger partial charge in [-0.1, -0.05) is 0 Å². The van der Waals surface area contributed by atoms with E-state index < -0.39 is 0 Å². The third-order valence-electron chi connectivity index (χ3n) is 4.75. The van der Waals surface area contributed by atoms with E-state index in [1.165, 1.54) is 19.3 Å². The SMILES string of the molecule is CCNC(=NCC1(CCOCC)CC1)N(C)CC1CCOC1. The van der Waals surface area contributed by atoms with E-state index in [0.717, 1.165) is 58.4 Å². The number of rotatable bonds is 9. The van der Waals surface area contributed by atoms with E-state index >= 15 is 0 Å². The van der Waals surface area contributed by atoms with E-state index in [1.807, 2.05) is 0 Å². The zero-order valence-corrected chi connectivity index (χ0v) is 14.6. The van der Waals surface area contributed by atoms with Gasteiger partial charge in [-0.05, 0) is 44.9 Å². The molecule has 0 aromatic rings. The Bertz CT molecular complexity index is 350.